The number of fused-ring (bicyclic) bond motifs is 2. The van der Waals surface area contributed by atoms with Gasteiger partial charge in [0.2, 0.25) is 0 Å². The molecule has 2 aromatic carbocycles. The topological polar surface area (TPSA) is 74.8 Å². The summed E-state index contributed by atoms with van der Waals surface area (Å²) < 4.78 is 11.5. The van der Waals surface area contributed by atoms with Gasteiger partial charge in [-0.2, -0.15) is 0 Å². The fourth-order valence-electron chi connectivity index (χ4n) is 7.41. The summed E-state index contributed by atoms with van der Waals surface area (Å²) in [6, 6.07) is 17.4. The zero-order chi connectivity index (χ0) is 29.2. The minimum Gasteiger partial charge on any atom is -0.494 e. The summed E-state index contributed by atoms with van der Waals surface area (Å²) in [4.78, 5) is 15.2. The molecule has 3 fully saturated rings. The molecule has 2 saturated heterocycles. The molecule has 7 rings (SSSR count). The summed E-state index contributed by atoms with van der Waals surface area (Å²) in [7, 11) is 3.47. The van der Waals surface area contributed by atoms with Crippen molar-refractivity contribution < 1.29 is 9.47 Å². The number of para-hydroxylation sites is 2. The molecular formula is C35H44N6O2. The van der Waals surface area contributed by atoms with Gasteiger partial charge in [-0.05, 0) is 56.6 Å². The third kappa shape index (κ3) is 5.59. The predicted molar refractivity (Wildman–Crippen MR) is 177 cm³/mol. The monoisotopic (exact) mass is 580 g/mol. The first-order valence-electron chi connectivity index (χ1n) is 16.2. The van der Waals surface area contributed by atoms with Gasteiger partial charge in [0.1, 0.15) is 34.2 Å². The lowest BCUT2D eigenvalue weighted by Crippen LogP contribution is -2.36. The molecule has 43 heavy (non-hydrogen) atoms. The maximum absolute atomic E-state index is 5.75. The van der Waals surface area contributed by atoms with Gasteiger partial charge in [0.05, 0.1) is 14.2 Å². The van der Waals surface area contributed by atoms with Crippen LogP contribution in [-0.2, 0) is 0 Å². The first-order chi connectivity index (χ1) is 21.2. The van der Waals surface area contributed by atoms with E-state index in [-0.39, 0.29) is 0 Å². The van der Waals surface area contributed by atoms with Crippen molar-refractivity contribution in [1.29, 1.82) is 0 Å². The second-order valence-electron chi connectivity index (χ2n) is 12.3. The summed E-state index contributed by atoms with van der Waals surface area (Å²) in [5, 5.41) is 9.99. The van der Waals surface area contributed by atoms with E-state index in [0.717, 1.165) is 78.7 Å². The van der Waals surface area contributed by atoms with E-state index in [1.54, 1.807) is 14.2 Å². The highest BCUT2D eigenvalue weighted by Crippen LogP contribution is 2.38. The summed E-state index contributed by atoms with van der Waals surface area (Å²) in [6.45, 7) is 5.23. The summed E-state index contributed by atoms with van der Waals surface area (Å²) in [5.41, 5.74) is 4.38. The van der Waals surface area contributed by atoms with Crippen LogP contribution in [0.3, 0.4) is 0 Å². The number of rotatable bonds is 9. The second-order valence-corrected chi connectivity index (χ2v) is 12.3. The highest BCUT2D eigenvalue weighted by Gasteiger charge is 2.27. The highest BCUT2D eigenvalue weighted by atomic mass is 16.5. The molecule has 3 aliphatic rings. The van der Waals surface area contributed by atoms with Gasteiger partial charge in [-0.3, -0.25) is 0 Å². The molecule has 226 valence electrons. The van der Waals surface area contributed by atoms with Crippen LogP contribution in [0.1, 0.15) is 51.4 Å². The average molecular weight is 581 g/mol. The van der Waals surface area contributed by atoms with Gasteiger partial charge in [0.15, 0.2) is 0 Å². The lowest BCUT2D eigenvalue weighted by atomic mass is 9.84. The van der Waals surface area contributed by atoms with Gasteiger partial charge in [0.25, 0.3) is 0 Å². The van der Waals surface area contributed by atoms with Crippen LogP contribution in [-0.4, -0.2) is 63.0 Å². The maximum atomic E-state index is 5.75. The molecule has 8 nitrogen and oxygen atoms in total. The molecule has 8 heteroatoms. The second kappa shape index (κ2) is 12.3. The van der Waals surface area contributed by atoms with Crippen LogP contribution < -0.4 is 29.9 Å². The number of hydrogen-bond acceptors (Lipinski definition) is 8. The maximum Gasteiger partial charge on any atom is 0.145 e. The molecule has 2 aromatic heterocycles. The van der Waals surface area contributed by atoms with Gasteiger partial charge in [0, 0.05) is 73.0 Å². The van der Waals surface area contributed by atoms with Crippen LogP contribution in [0.25, 0.3) is 21.8 Å². The molecule has 0 radical (unpaired) electrons. The van der Waals surface area contributed by atoms with Gasteiger partial charge < -0.3 is 29.9 Å². The number of nitrogens with one attached hydrogen (secondary N) is 2. The minimum atomic E-state index is 0.334. The van der Waals surface area contributed by atoms with E-state index in [0.29, 0.717) is 12.0 Å². The Balaban J connectivity index is 1.15. The van der Waals surface area contributed by atoms with E-state index < -0.39 is 0 Å². The molecule has 0 amide bonds. The summed E-state index contributed by atoms with van der Waals surface area (Å²) >= 11 is 0. The van der Waals surface area contributed by atoms with Gasteiger partial charge >= 0.3 is 0 Å². The molecule has 0 bridgehead atoms. The van der Waals surface area contributed by atoms with E-state index in [2.05, 4.69) is 56.8 Å². The number of ether oxygens (including phenoxy) is 2. The molecule has 2 unspecified atom stereocenters. The molecule has 4 heterocycles. The Morgan fingerprint density at radius 2 is 1.23 bits per heavy atom. The van der Waals surface area contributed by atoms with Gasteiger partial charge in [-0.1, -0.05) is 37.1 Å². The molecule has 2 N–H and O–H groups in total. The fraction of sp³-hybridized carbons (Fsp3) is 0.486. The molecule has 1 aliphatic carbocycles. The minimum absolute atomic E-state index is 0.334. The number of methoxy groups -OCH3 is 2. The molecule has 1 saturated carbocycles. The molecular weight excluding hydrogens is 536 g/mol. The zero-order valence-electron chi connectivity index (χ0n) is 25.6. The van der Waals surface area contributed by atoms with Crippen LogP contribution in [0.15, 0.2) is 48.5 Å². The number of hydrogen-bond donors (Lipinski definition) is 2. The van der Waals surface area contributed by atoms with E-state index in [4.69, 9.17) is 19.4 Å². The van der Waals surface area contributed by atoms with E-state index in [1.165, 1.54) is 61.7 Å². The lowest BCUT2D eigenvalue weighted by molar-refractivity contribution is 0.338. The SMILES string of the molecule is COc1cccc2c(N3CCCC3)cc(NCC3CCCCC3Nc3cc(N4CCCC4)c4cccc(OC)c4n3)nc12. The third-order valence-corrected chi connectivity index (χ3v) is 9.68. The van der Waals surface area contributed by atoms with Crippen molar-refractivity contribution in [2.24, 2.45) is 5.92 Å². The summed E-state index contributed by atoms with van der Waals surface area (Å²) in [5.74, 6) is 3.99. The lowest BCUT2D eigenvalue weighted by Gasteiger charge is -2.33. The van der Waals surface area contributed by atoms with Gasteiger partial charge in [-0.25, -0.2) is 9.97 Å². The Morgan fingerprint density at radius 1 is 0.698 bits per heavy atom. The number of anilines is 4. The van der Waals surface area contributed by atoms with Crippen molar-refractivity contribution in [1.82, 2.24) is 9.97 Å². The predicted octanol–water partition coefficient (Wildman–Crippen LogP) is 7.08. The number of benzene rings is 2. The Hall–Kier alpha value is -3.94. The van der Waals surface area contributed by atoms with Crippen molar-refractivity contribution in [2.75, 3.05) is 67.4 Å². The number of nitrogens with zero attached hydrogens (tertiary/aromatic N) is 4. The van der Waals surface area contributed by atoms with Gasteiger partial charge in [-0.15, -0.1) is 0 Å². The summed E-state index contributed by atoms with van der Waals surface area (Å²) in [6.07, 6.45) is 9.74. The van der Waals surface area contributed by atoms with Crippen LogP contribution in [0.4, 0.5) is 23.0 Å². The Bertz CT molecular complexity index is 1580. The van der Waals surface area contributed by atoms with E-state index in [9.17, 15) is 0 Å². The quantitative estimate of drug-likeness (QED) is 0.218. The van der Waals surface area contributed by atoms with E-state index >= 15 is 0 Å². The van der Waals surface area contributed by atoms with Crippen molar-refractivity contribution in [3.8, 4) is 11.5 Å². The zero-order valence-corrected chi connectivity index (χ0v) is 25.6. The van der Waals surface area contributed by atoms with Crippen LogP contribution in [0, 0.1) is 5.92 Å². The average Bonchev–Trinajstić information content (AvgIpc) is 3.79. The molecule has 0 spiro atoms. The standard InChI is InChI=1S/C35H44N6O2/c1-42-30-15-9-12-25-28(40-17-5-6-18-40)21-32(38-34(25)30)36-23-24-11-3-4-14-27(24)37-33-22-29(41-19-7-8-20-41)26-13-10-16-31(43-2)35(26)39-33/h9-10,12-13,15-16,21-22,24,27H,3-8,11,14,17-20,23H2,1-2H3,(H,36,38)(H,37,39). The Morgan fingerprint density at radius 3 is 1.81 bits per heavy atom. The molecule has 2 atom stereocenters. The third-order valence-electron chi connectivity index (χ3n) is 9.68. The van der Waals surface area contributed by atoms with Crippen molar-refractivity contribution >= 4 is 44.8 Å². The largest absolute Gasteiger partial charge is 0.494 e. The smallest absolute Gasteiger partial charge is 0.145 e. The first kappa shape index (κ1) is 27.9. The van der Waals surface area contributed by atoms with E-state index in [1.807, 2.05) is 12.1 Å². The van der Waals surface area contributed by atoms with Crippen LogP contribution in [0.2, 0.25) is 0 Å². The molecule has 4 aromatic rings. The number of pyridine rings is 2. The fourth-order valence-corrected chi connectivity index (χ4v) is 7.41. The van der Waals surface area contributed by atoms with Crippen molar-refractivity contribution in [3.05, 3.63) is 48.5 Å². The first-order valence-corrected chi connectivity index (χ1v) is 16.2. The van der Waals surface area contributed by atoms with Crippen molar-refractivity contribution in [3.63, 3.8) is 0 Å². The normalized spacial score (nSPS) is 20.6. The Kier molecular flexibility index (Phi) is 8.00. The van der Waals surface area contributed by atoms with Crippen molar-refractivity contribution in [2.45, 2.75) is 57.4 Å². The highest BCUT2D eigenvalue weighted by molar-refractivity contribution is 5.98. The number of aromatic nitrogens is 2. The van der Waals surface area contributed by atoms with Crippen LogP contribution >= 0.6 is 0 Å². The molecule has 2 aliphatic heterocycles. The Labute approximate surface area is 254 Å². The van der Waals surface area contributed by atoms with Crippen LogP contribution in [0.5, 0.6) is 11.5 Å².